The van der Waals surface area contributed by atoms with Gasteiger partial charge in [-0.3, -0.25) is 4.79 Å². The van der Waals surface area contributed by atoms with Crippen LogP contribution in [0.2, 0.25) is 5.02 Å². The second-order valence-electron chi connectivity index (χ2n) is 5.48. The number of aryl methyl sites for hydroxylation is 1. The number of hydrogen-bond acceptors (Lipinski definition) is 3. The number of carbonyl (C=O) groups is 1. The molecule has 6 heteroatoms. The van der Waals surface area contributed by atoms with Crippen molar-refractivity contribution >= 4 is 39.1 Å². The van der Waals surface area contributed by atoms with Crippen LogP contribution >= 0.6 is 22.9 Å². The van der Waals surface area contributed by atoms with Crippen molar-refractivity contribution in [1.82, 2.24) is 4.57 Å². The van der Waals surface area contributed by atoms with Crippen molar-refractivity contribution in [3.8, 4) is 0 Å². The Hall–Kier alpha value is -1.17. The van der Waals surface area contributed by atoms with Gasteiger partial charge in [-0.1, -0.05) is 22.9 Å². The Morgan fingerprint density at radius 2 is 2.27 bits per heavy atom. The summed E-state index contributed by atoms with van der Waals surface area (Å²) in [5, 5.41) is 0.732. The molecule has 0 atom stereocenters. The number of rotatable bonds is 5. The summed E-state index contributed by atoms with van der Waals surface area (Å²) in [4.78, 5) is 17.2. The number of fused-ring (bicyclic) bond motifs is 1. The molecule has 0 aliphatic heterocycles. The second-order valence-corrected chi connectivity index (χ2v) is 6.89. The first-order valence-electron chi connectivity index (χ1n) is 7.56. The SMILES string of the molecule is CCOCCn1c(=NC(=O)C2CC2)sc2ccc(Cl)c(C)c21. The van der Waals surface area contributed by atoms with Crippen LogP contribution in [0.4, 0.5) is 0 Å². The Balaban J connectivity index is 2.11. The van der Waals surface area contributed by atoms with E-state index in [0.717, 1.165) is 38.4 Å². The Labute approximate surface area is 138 Å². The van der Waals surface area contributed by atoms with Crippen molar-refractivity contribution in [2.24, 2.45) is 10.9 Å². The number of amides is 1. The molecular formula is C16H19ClN2O2S. The summed E-state index contributed by atoms with van der Waals surface area (Å²) in [5.74, 6) is 0.135. The molecule has 1 aliphatic carbocycles. The minimum atomic E-state index is 0.000431. The zero-order valence-corrected chi connectivity index (χ0v) is 14.3. The van der Waals surface area contributed by atoms with E-state index in [4.69, 9.17) is 16.3 Å². The second kappa shape index (κ2) is 6.52. The molecule has 1 aliphatic rings. The van der Waals surface area contributed by atoms with Gasteiger partial charge in [0.05, 0.1) is 16.8 Å². The van der Waals surface area contributed by atoms with E-state index in [-0.39, 0.29) is 11.8 Å². The van der Waals surface area contributed by atoms with Gasteiger partial charge in [0.15, 0.2) is 4.80 Å². The predicted molar refractivity (Wildman–Crippen MR) is 89.3 cm³/mol. The van der Waals surface area contributed by atoms with E-state index in [1.165, 1.54) is 11.3 Å². The van der Waals surface area contributed by atoms with Crippen LogP contribution in [0.3, 0.4) is 0 Å². The third kappa shape index (κ3) is 3.12. The maximum atomic E-state index is 12.1. The summed E-state index contributed by atoms with van der Waals surface area (Å²) in [6.45, 7) is 5.92. The van der Waals surface area contributed by atoms with Crippen LogP contribution in [-0.2, 0) is 16.1 Å². The van der Waals surface area contributed by atoms with Crippen LogP contribution in [0.5, 0.6) is 0 Å². The van der Waals surface area contributed by atoms with Crippen LogP contribution in [0, 0.1) is 12.8 Å². The minimum absolute atomic E-state index is 0.000431. The Bertz CT molecular complexity index is 774. The van der Waals surface area contributed by atoms with Gasteiger partial charge < -0.3 is 9.30 Å². The molecule has 0 unspecified atom stereocenters. The number of nitrogens with zero attached hydrogens (tertiary/aromatic N) is 2. The molecule has 0 saturated heterocycles. The molecule has 0 bridgehead atoms. The highest BCUT2D eigenvalue weighted by Crippen LogP contribution is 2.30. The first-order valence-corrected chi connectivity index (χ1v) is 8.76. The molecule has 1 heterocycles. The summed E-state index contributed by atoms with van der Waals surface area (Å²) in [5.41, 5.74) is 2.08. The van der Waals surface area contributed by atoms with Crippen LogP contribution in [0.25, 0.3) is 10.2 Å². The highest BCUT2D eigenvalue weighted by Gasteiger charge is 2.29. The number of carbonyl (C=O) groups excluding carboxylic acids is 1. The van der Waals surface area contributed by atoms with E-state index >= 15 is 0 Å². The van der Waals surface area contributed by atoms with E-state index in [0.29, 0.717) is 19.8 Å². The molecule has 4 nitrogen and oxygen atoms in total. The average molecular weight is 339 g/mol. The summed E-state index contributed by atoms with van der Waals surface area (Å²) < 4.78 is 8.63. The molecule has 0 N–H and O–H groups in total. The molecular weight excluding hydrogens is 320 g/mol. The van der Waals surface area contributed by atoms with Crippen LogP contribution in [0.1, 0.15) is 25.3 Å². The topological polar surface area (TPSA) is 43.6 Å². The van der Waals surface area contributed by atoms with Gasteiger partial charge in [0, 0.05) is 24.1 Å². The normalized spacial score (nSPS) is 15.7. The monoisotopic (exact) mass is 338 g/mol. The van der Waals surface area contributed by atoms with E-state index in [1.54, 1.807) is 0 Å². The van der Waals surface area contributed by atoms with Crippen molar-refractivity contribution < 1.29 is 9.53 Å². The Kier molecular flexibility index (Phi) is 4.66. The molecule has 3 rings (SSSR count). The quantitative estimate of drug-likeness (QED) is 0.783. The van der Waals surface area contributed by atoms with E-state index in [1.807, 2.05) is 26.0 Å². The molecule has 1 aromatic carbocycles. The molecule has 0 radical (unpaired) electrons. The van der Waals surface area contributed by atoms with Crippen molar-refractivity contribution in [1.29, 1.82) is 0 Å². The summed E-state index contributed by atoms with van der Waals surface area (Å²) in [6, 6.07) is 3.89. The van der Waals surface area contributed by atoms with Crippen LogP contribution in [-0.4, -0.2) is 23.7 Å². The zero-order valence-electron chi connectivity index (χ0n) is 12.8. The fraction of sp³-hybridized carbons (Fsp3) is 0.500. The van der Waals surface area contributed by atoms with Gasteiger partial charge in [-0.15, -0.1) is 0 Å². The van der Waals surface area contributed by atoms with Gasteiger partial charge in [0.25, 0.3) is 5.91 Å². The first kappa shape index (κ1) is 15.7. The zero-order chi connectivity index (χ0) is 15.7. The molecule has 1 amide bonds. The summed E-state index contributed by atoms with van der Waals surface area (Å²) in [6.07, 6.45) is 1.94. The van der Waals surface area contributed by atoms with Crippen LogP contribution in [0.15, 0.2) is 17.1 Å². The van der Waals surface area contributed by atoms with Gasteiger partial charge in [-0.2, -0.15) is 4.99 Å². The third-order valence-corrected chi connectivity index (χ3v) is 5.28. The predicted octanol–water partition coefficient (Wildman–Crippen LogP) is 3.54. The lowest BCUT2D eigenvalue weighted by molar-refractivity contribution is -0.119. The summed E-state index contributed by atoms with van der Waals surface area (Å²) in [7, 11) is 0. The summed E-state index contributed by atoms with van der Waals surface area (Å²) >= 11 is 7.80. The number of halogens is 1. The van der Waals surface area contributed by atoms with Gasteiger partial charge in [-0.05, 0) is 44.4 Å². The minimum Gasteiger partial charge on any atom is -0.380 e. The number of thiazole rings is 1. The molecule has 1 aromatic heterocycles. The molecule has 118 valence electrons. The Morgan fingerprint density at radius 1 is 1.50 bits per heavy atom. The number of ether oxygens (including phenoxy) is 1. The fourth-order valence-electron chi connectivity index (χ4n) is 2.42. The molecule has 22 heavy (non-hydrogen) atoms. The maximum absolute atomic E-state index is 12.1. The molecule has 1 fully saturated rings. The number of hydrogen-bond donors (Lipinski definition) is 0. The Morgan fingerprint density at radius 3 is 2.95 bits per heavy atom. The standard InChI is InChI=1S/C16H19ClN2O2S/c1-3-21-9-8-19-14-10(2)12(17)6-7-13(14)22-16(19)18-15(20)11-4-5-11/h6-7,11H,3-5,8-9H2,1-2H3. The van der Waals surface area contributed by atoms with Gasteiger partial charge in [0.1, 0.15) is 0 Å². The average Bonchev–Trinajstić information content (AvgIpc) is 3.28. The lowest BCUT2D eigenvalue weighted by Crippen LogP contribution is -2.20. The molecule has 2 aromatic rings. The van der Waals surface area contributed by atoms with E-state index in [9.17, 15) is 4.79 Å². The lowest BCUT2D eigenvalue weighted by atomic mass is 10.2. The highest BCUT2D eigenvalue weighted by atomic mass is 35.5. The van der Waals surface area contributed by atoms with Gasteiger partial charge in [-0.25, -0.2) is 0 Å². The van der Waals surface area contributed by atoms with E-state index in [2.05, 4.69) is 9.56 Å². The van der Waals surface area contributed by atoms with Crippen molar-refractivity contribution in [3.63, 3.8) is 0 Å². The number of benzene rings is 1. The van der Waals surface area contributed by atoms with Gasteiger partial charge in [0.2, 0.25) is 0 Å². The van der Waals surface area contributed by atoms with E-state index < -0.39 is 0 Å². The van der Waals surface area contributed by atoms with Crippen molar-refractivity contribution in [2.75, 3.05) is 13.2 Å². The maximum Gasteiger partial charge on any atom is 0.251 e. The van der Waals surface area contributed by atoms with Crippen molar-refractivity contribution in [2.45, 2.75) is 33.2 Å². The smallest absolute Gasteiger partial charge is 0.251 e. The number of aromatic nitrogens is 1. The molecule has 1 saturated carbocycles. The molecule has 0 spiro atoms. The third-order valence-electron chi connectivity index (χ3n) is 3.83. The highest BCUT2D eigenvalue weighted by molar-refractivity contribution is 7.16. The van der Waals surface area contributed by atoms with Crippen LogP contribution < -0.4 is 4.80 Å². The van der Waals surface area contributed by atoms with Gasteiger partial charge >= 0.3 is 0 Å². The van der Waals surface area contributed by atoms with Crippen molar-refractivity contribution in [3.05, 3.63) is 27.5 Å². The first-order chi connectivity index (χ1) is 10.6. The largest absolute Gasteiger partial charge is 0.380 e. The fourth-order valence-corrected chi connectivity index (χ4v) is 3.70. The lowest BCUT2D eigenvalue weighted by Gasteiger charge is -2.08.